The first kappa shape index (κ1) is 19.2. The van der Waals surface area contributed by atoms with Crippen LogP contribution in [0.4, 0.5) is 5.82 Å². The number of piperazine rings is 1. The van der Waals surface area contributed by atoms with Gasteiger partial charge in [-0.05, 0) is 18.7 Å². The molecule has 27 heavy (non-hydrogen) atoms. The maximum atomic E-state index is 4.66. The molecule has 0 amide bonds. The van der Waals surface area contributed by atoms with E-state index in [-0.39, 0.29) is 0 Å². The molecule has 6 nitrogen and oxygen atoms in total. The van der Waals surface area contributed by atoms with Gasteiger partial charge in [-0.15, -0.1) is 0 Å². The summed E-state index contributed by atoms with van der Waals surface area (Å²) in [5.41, 5.74) is 2.47. The van der Waals surface area contributed by atoms with Crippen LogP contribution < -0.4 is 10.2 Å². The zero-order chi connectivity index (χ0) is 19.1. The van der Waals surface area contributed by atoms with Gasteiger partial charge in [0.05, 0.1) is 0 Å². The minimum absolute atomic E-state index is 0.710. The Kier molecular flexibility index (Phi) is 6.65. The van der Waals surface area contributed by atoms with Gasteiger partial charge in [-0.25, -0.2) is 4.98 Å². The van der Waals surface area contributed by atoms with Crippen molar-refractivity contribution >= 4 is 11.8 Å². The number of hydrogen-bond donors (Lipinski definition) is 1. The van der Waals surface area contributed by atoms with E-state index >= 15 is 0 Å². The van der Waals surface area contributed by atoms with Gasteiger partial charge in [0.15, 0.2) is 5.96 Å². The summed E-state index contributed by atoms with van der Waals surface area (Å²) in [5, 5.41) is 3.49. The van der Waals surface area contributed by atoms with Crippen molar-refractivity contribution < 1.29 is 0 Å². The van der Waals surface area contributed by atoms with E-state index in [4.69, 9.17) is 0 Å². The lowest BCUT2D eigenvalue weighted by atomic mass is 10.2. The maximum Gasteiger partial charge on any atom is 0.193 e. The quantitative estimate of drug-likeness (QED) is 0.648. The van der Waals surface area contributed by atoms with Crippen LogP contribution >= 0.6 is 0 Å². The molecule has 0 unspecified atom stereocenters. The SMILES string of the molecule is CN=C(NCc1cccnc1N1CCN(C)CC1)N(C)Cc1ccccc1. The van der Waals surface area contributed by atoms with Gasteiger partial charge in [-0.3, -0.25) is 4.99 Å². The Hall–Kier alpha value is -2.60. The van der Waals surface area contributed by atoms with Gasteiger partial charge >= 0.3 is 0 Å². The number of nitrogens with zero attached hydrogens (tertiary/aromatic N) is 5. The fourth-order valence-electron chi connectivity index (χ4n) is 3.36. The van der Waals surface area contributed by atoms with Crippen LogP contribution in [0.1, 0.15) is 11.1 Å². The van der Waals surface area contributed by atoms with Gasteiger partial charge in [0, 0.05) is 65.1 Å². The maximum absolute atomic E-state index is 4.66. The lowest BCUT2D eigenvalue weighted by Crippen LogP contribution is -2.45. The molecule has 1 fully saturated rings. The van der Waals surface area contributed by atoms with Crippen molar-refractivity contribution in [3.05, 3.63) is 59.8 Å². The van der Waals surface area contributed by atoms with Crippen molar-refractivity contribution in [1.29, 1.82) is 0 Å². The number of guanidine groups is 1. The van der Waals surface area contributed by atoms with Crippen LogP contribution in [-0.2, 0) is 13.1 Å². The van der Waals surface area contributed by atoms with Gasteiger partial charge in [0.1, 0.15) is 5.82 Å². The third kappa shape index (κ3) is 5.20. The van der Waals surface area contributed by atoms with E-state index in [0.717, 1.165) is 44.5 Å². The van der Waals surface area contributed by atoms with Crippen LogP contribution in [0, 0.1) is 0 Å². The molecule has 6 heteroatoms. The summed E-state index contributed by atoms with van der Waals surface area (Å²) in [5.74, 6) is 1.96. The van der Waals surface area contributed by atoms with Gasteiger partial charge in [-0.1, -0.05) is 36.4 Å². The van der Waals surface area contributed by atoms with Crippen LogP contribution in [0.5, 0.6) is 0 Å². The van der Waals surface area contributed by atoms with Crippen LogP contribution in [0.25, 0.3) is 0 Å². The third-order valence-electron chi connectivity index (χ3n) is 4.94. The minimum atomic E-state index is 0.710. The third-order valence-corrected chi connectivity index (χ3v) is 4.94. The predicted octanol–water partition coefficient (Wildman–Crippen LogP) is 2.04. The molecule has 1 aliphatic rings. The van der Waals surface area contributed by atoms with Crippen molar-refractivity contribution in [3.8, 4) is 0 Å². The van der Waals surface area contributed by atoms with Crippen molar-refractivity contribution in [2.75, 3.05) is 52.2 Å². The molecule has 0 atom stereocenters. The molecule has 0 saturated carbocycles. The Morgan fingerprint density at radius 2 is 1.85 bits per heavy atom. The molecule has 1 N–H and O–H groups in total. The molecule has 0 aliphatic carbocycles. The smallest absolute Gasteiger partial charge is 0.193 e. The molecule has 1 aromatic carbocycles. The highest BCUT2D eigenvalue weighted by Crippen LogP contribution is 2.18. The number of hydrogen-bond acceptors (Lipinski definition) is 4. The van der Waals surface area contributed by atoms with Gasteiger partial charge < -0.3 is 20.0 Å². The summed E-state index contributed by atoms with van der Waals surface area (Å²) in [6.07, 6.45) is 1.88. The summed E-state index contributed by atoms with van der Waals surface area (Å²) in [6, 6.07) is 14.6. The fraction of sp³-hybridized carbons (Fsp3) is 0.429. The van der Waals surface area contributed by atoms with E-state index < -0.39 is 0 Å². The first-order chi connectivity index (χ1) is 13.2. The van der Waals surface area contributed by atoms with E-state index in [9.17, 15) is 0 Å². The highest BCUT2D eigenvalue weighted by molar-refractivity contribution is 5.79. The first-order valence-corrected chi connectivity index (χ1v) is 9.50. The molecule has 0 radical (unpaired) electrons. The van der Waals surface area contributed by atoms with Crippen molar-refractivity contribution in [2.24, 2.45) is 4.99 Å². The number of anilines is 1. The van der Waals surface area contributed by atoms with Crippen LogP contribution in [0.2, 0.25) is 0 Å². The summed E-state index contributed by atoms with van der Waals surface area (Å²) < 4.78 is 0. The summed E-state index contributed by atoms with van der Waals surface area (Å²) >= 11 is 0. The average Bonchev–Trinajstić information content (AvgIpc) is 2.70. The summed E-state index contributed by atoms with van der Waals surface area (Å²) in [4.78, 5) is 16.0. The van der Waals surface area contributed by atoms with Crippen LogP contribution in [-0.4, -0.2) is 68.1 Å². The number of nitrogens with one attached hydrogen (secondary N) is 1. The largest absolute Gasteiger partial charge is 0.354 e. The van der Waals surface area contributed by atoms with E-state index in [0.29, 0.717) is 6.54 Å². The van der Waals surface area contributed by atoms with Crippen LogP contribution in [0.15, 0.2) is 53.7 Å². The number of aliphatic imine (C=N–C) groups is 1. The van der Waals surface area contributed by atoms with E-state index in [1.807, 2.05) is 25.4 Å². The van der Waals surface area contributed by atoms with Crippen LogP contribution in [0.3, 0.4) is 0 Å². The second kappa shape index (κ2) is 9.37. The second-order valence-electron chi connectivity index (χ2n) is 7.02. The normalized spacial score (nSPS) is 15.7. The Morgan fingerprint density at radius 3 is 2.56 bits per heavy atom. The Balaban J connectivity index is 1.63. The molecule has 0 spiro atoms. The topological polar surface area (TPSA) is 47.0 Å². The highest BCUT2D eigenvalue weighted by atomic mass is 15.3. The van der Waals surface area contributed by atoms with Gasteiger partial charge in [0.2, 0.25) is 0 Å². The second-order valence-corrected chi connectivity index (χ2v) is 7.02. The lowest BCUT2D eigenvalue weighted by molar-refractivity contribution is 0.311. The number of likely N-dealkylation sites (N-methyl/N-ethyl adjacent to an activating group) is 1. The van der Waals surface area contributed by atoms with Crippen molar-refractivity contribution in [3.63, 3.8) is 0 Å². The van der Waals surface area contributed by atoms with Crippen molar-refractivity contribution in [1.82, 2.24) is 20.1 Å². The Labute approximate surface area is 162 Å². The molecule has 1 aliphatic heterocycles. The average molecular weight is 367 g/mol. The first-order valence-electron chi connectivity index (χ1n) is 9.50. The zero-order valence-electron chi connectivity index (χ0n) is 16.6. The molecule has 1 aromatic heterocycles. The van der Waals surface area contributed by atoms with E-state index in [1.54, 1.807) is 0 Å². The zero-order valence-corrected chi connectivity index (χ0v) is 16.6. The molecular formula is C21H30N6. The minimum Gasteiger partial charge on any atom is -0.354 e. The predicted molar refractivity (Wildman–Crippen MR) is 112 cm³/mol. The number of pyridine rings is 1. The summed E-state index contributed by atoms with van der Waals surface area (Å²) in [6.45, 7) is 5.71. The Morgan fingerprint density at radius 1 is 1.11 bits per heavy atom. The van der Waals surface area contributed by atoms with E-state index in [2.05, 4.69) is 74.4 Å². The summed E-state index contributed by atoms with van der Waals surface area (Å²) in [7, 11) is 6.06. The molecule has 0 bridgehead atoms. The molecule has 144 valence electrons. The monoisotopic (exact) mass is 366 g/mol. The lowest BCUT2D eigenvalue weighted by Gasteiger charge is -2.34. The number of aromatic nitrogens is 1. The Bertz CT molecular complexity index is 737. The standard InChI is InChI=1S/C21H30N6/c1-22-21(26(3)17-18-8-5-4-6-9-18)24-16-19-10-7-11-23-20(19)27-14-12-25(2)13-15-27/h4-11H,12-17H2,1-3H3,(H,22,24). The van der Waals surface area contributed by atoms with Gasteiger partial charge in [0.25, 0.3) is 0 Å². The molecule has 1 saturated heterocycles. The van der Waals surface area contributed by atoms with Crippen molar-refractivity contribution in [2.45, 2.75) is 13.1 Å². The number of benzene rings is 1. The fourth-order valence-corrected chi connectivity index (χ4v) is 3.36. The molecule has 2 aromatic rings. The molecule has 2 heterocycles. The van der Waals surface area contributed by atoms with E-state index in [1.165, 1.54) is 11.1 Å². The van der Waals surface area contributed by atoms with Gasteiger partial charge in [-0.2, -0.15) is 0 Å². The highest BCUT2D eigenvalue weighted by Gasteiger charge is 2.18. The molecule has 3 rings (SSSR count). The molecular weight excluding hydrogens is 336 g/mol. The number of rotatable bonds is 5.